The van der Waals surface area contributed by atoms with Crippen LogP contribution in [0.3, 0.4) is 0 Å². The molecule has 1 atom stereocenters. The van der Waals surface area contributed by atoms with Gasteiger partial charge < -0.3 is 9.64 Å². The molecule has 0 N–H and O–H groups in total. The predicted molar refractivity (Wildman–Crippen MR) is 97.9 cm³/mol. The molecule has 3 rings (SSSR count). The quantitative estimate of drug-likeness (QED) is 0.741. The van der Waals surface area contributed by atoms with E-state index in [4.69, 9.17) is 27.9 Å². The molecule has 4 nitrogen and oxygen atoms in total. The van der Waals surface area contributed by atoms with Crippen molar-refractivity contribution in [1.29, 1.82) is 0 Å². The molecule has 0 saturated carbocycles. The lowest BCUT2D eigenvalue weighted by molar-refractivity contribution is -0.149. The Morgan fingerprint density at radius 3 is 2.44 bits per heavy atom. The molecular formula is C19H17Cl2NO3. The van der Waals surface area contributed by atoms with E-state index in [1.807, 2.05) is 31.2 Å². The fourth-order valence-corrected chi connectivity index (χ4v) is 3.28. The molecule has 0 spiro atoms. The molecule has 130 valence electrons. The molecule has 6 heteroatoms. The number of anilines is 1. The molecule has 1 aliphatic heterocycles. The lowest BCUT2D eigenvalue weighted by atomic mass is 10.1. The number of hydrogen-bond acceptors (Lipinski definition) is 3. The van der Waals surface area contributed by atoms with E-state index in [0.29, 0.717) is 22.2 Å². The summed E-state index contributed by atoms with van der Waals surface area (Å²) in [7, 11) is 0. The number of esters is 1. The highest BCUT2D eigenvalue weighted by molar-refractivity contribution is 6.35. The third-order valence-corrected chi connectivity index (χ3v) is 4.93. The van der Waals surface area contributed by atoms with Crippen molar-refractivity contribution in [2.24, 2.45) is 5.92 Å². The number of benzene rings is 2. The highest BCUT2D eigenvalue weighted by atomic mass is 35.5. The topological polar surface area (TPSA) is 46.6 Å². The molecule has 2 aromatic rings. The largest absolute Gasteiger partial charge is 0.460 e. The fraction of sp³-hybridized carbons (Fsp3) is 0.263. The van der Waals surface area contributed by atoms with Gasteiger partial charge in [0.1, 0.15) is 6.61 Å². The van der Waals surface area contributed by atoms with Gasteiger partial charge in [-0.2, -0.15) is 0 Å². The molecule has 1 amide bonds. The van der Waals surface area contributed by atoms with Gasteiger partial charge in [-0.05, 0) is 31.2 Å². The Hall–Kier alpha value is -2.04. The van der Waals surface area contributed by atoms with Gasteiger partial charge in [0.25, 0.3) is 0 Å². The van der Waals surface area contributed by atoms with E-state index in [2.05, 4.69) is 0 Å². The van der Waals surface area contributed by atoms with Crippen LogP contribution in [0.25, 0.3) is 0 Å². The van der Waals surface area contributed by atoms with E-state index >= 15 is 0 Å². The van der Waals surface area contributed by atoms with Gasteiger partial charge in [0.15, 0.2) is 0 Å². The standard InChI is InChI=1S/C19H17Cl2NO3/c1-12-5-7-14(8-6-12)22-10-13(9-18(22)23)19(24)25-11-15-16(20)3-2-4-17(15)21/h2-8,13H,9-11H2,1H3/t13-/m1/s1. The first-order chi connectivity index (χ1) is 12.0. The predicted octanol–water partition coefficient (Wildman–Crippen LogP) is 4.40. The van der Waals surface area contributed by atoms with E-state index in [0.717, 1.165) is 11.3 Å². The van der Waals surface area contributed by atoms with Crippen molar-refractivity contribution in [1.82, 2.24) is 0 Å². The average Bonchev–Trinajstić information content (AvgIpc) is 2.97. The summed E-state index contributed by atoms with van der Waals surface area (Å²) in [6.45, 7) is 2.29. The van der Waals surface area contributed by atoms with Crippen LogP contribution in [0.1, 0.15) is 17.5 Å². The molecule has 25 heavy (non-hydrogen) atoms. The first-order valence-electron chi connectivity index (χ1n) is 7.92. The highest BCUT2D eigenvalue weighted by Crippen LogP contribution is 2.28. The minimum atomic E-state index is -0.491. The van der Waals surface area contributed by atoms with E-state index in [9.17, 15) is 9.59 Å². The number of aryl methyl sites for hydroxylation is 1. The molecule has 0 bridgehead atoms. The van der Waals surface area contributed by atoms with Crippen LogP contribution < -0.4 is 4.90 Å². The van der Waals surface area contributed by atoms with Crippen molar-refractivity contribution < 1.29 is 14.3 Å². The summed E-state index contributed by atoms with van der Waals surface area (Å²) in [6, 6.07) is 12.7. The van der Waals surface area contributed by atoms with Crippen molar-refractivity contribution in [3.05, 3.63) is 63.6 Å². The van der Waals surface area contributed by atoms with Crippen LogP contribution in [0, 0.1) is 12.8 Å². The summed E-state index contributed by atoms with van der Waals surface area (Å²) < 4.78 is 5.34. The average molecular weight is 378 g/mol. The van der Waals surface area contributed by atoms with Gasteiger partial charge in [0, 0.05) is 34.3 Å². The molecule has 1 heterocycles. The number of amides is 1. The van der Waals surface area contributed by atoms with E-state index < -0.39 is 11.9 Å². The van der Waals surface area contributed by atoms with Crippen molar-refractivity contribution in [2.45, 2.75) is 20.0 Å². The number of ether oxygens (including phenoxy) is 1. The van der Waals surface area contributed by atoms with Crippen LogP contribution >= 0.6 is 23.2 Å². The second-order valence-corrected chi connectivity index (χ2v) is 6.86. The minimum Gasteiger partial charge on any atom is -0.460 e. The third-order valence-electron chi connectivity index (χ3n) is 4.22. The van der Waals surface area contributed by atoms with E-state index in [1.54, 1.807) is 23.1 Å². The lowest BCUT2D eigenvalue weighted by Gasteiger charge is -2.17. The monoisotopic (exact) mass is 377 g/mol. The molecule has 0 radical (unpaired) electrons. The second-order valence-electron chi connectivity index (χ2n) is 6.05. The fourth-order valence-electron chi connectivity index (χ4n) is 2.77. The zero-order valence-electron chi connectivity index (χ0n) is 13.7. The van der Waals surface area contributed by atoms with E-state index in [-0.39, 0.29) is 18.9 Å². The molecule has 1 fully saturated rings. The van der Waals surface area contributed by atoms with Gasteiger partial charge >= 0.3 is 5.97 Å². The molecule has 1 aliphatic rings. The SMILES string of the molecule is Cc1ccc(N2C[C@H](C(=O)OCc3c(Cl)cccc3Cl)CC2=O)cc1. The summed E-state index contributed by atoms with van der Waals surface area (Å²) in [5.74, 6) is -0.990. The number of rotatable bonds is 4. The summed E-state index contributed by atoms with van der Waals surface area (Å²) in [4.78, 5) is 26.2. The third kappa shape index (κ3) is 3.97. The number of hydrogen-bond donors (Lipinski definition) is 0. The first kappa shape index (κ1) is 17.8. The van der Waals surface area contributed by atoms with Gasteiger partial charge in [0.05, 0.1) is 5.92 Å². The maximum atomic E-state index is 12.3. The van der Waals surface area contributed by atoms with Crippen LogP contribution in [0.2, 0.25) is 10.0 Å². The van der Waals surface area contributed by atoms with Crippen molar-refractivity contribution in [3.63, 3.8) is 0 Å². The van der Waals surface area contributed by atoms with Gasteiger partial charge in [-0.1, -0.05) is 47.0 Å². The maximum Gasteiger partial charge on any atom is 0.311 e. The zero-order valence-corrected chi connectivity index (χ0v) is 15.2. The Labute approximate surface area is 156 Å². The summed E-state index contributed by atoms with van der Waals surface area (Å²) in [6.07, 6.45) is 0.142. The van der Waals surface area contributed by atoms with Crippen LogP contribution in [0.4, 0.5) is 5.69 Å². The number of halogens is 2. The molecule has 1 saturated heterocycles. The Morgan fingerprint density at radius 1 is 1.16 bits per heavy atom. The first-order valence-corrected chi connectivity index (χ1v) is 8.68. The number of carbonyl (C=O) groups is 2. The van der Waals surface area contributed by atoms with Crippen molar-refractivity contribution in [3.8, 4) is 0 Å². The Morgan fingerprint density at radius 2 is 1.80 bits per heavy atom. The molecule has 2 aromatic carbocycles. The molecular weight excluding hydrogens is 361 g/mol. The van der Waals surface area contributed by atoms with Crippen LogP contribution in [-0.2, 0) is 20.9 Å². The van der Waals surface area contributed by atoms with Crippen molar-refractivity contribution >= 4 is 40.8 Å². The van der Waals surface area contributed by atoms with Gasteiger partial charge in [-0.15, -0.1) is 0 Å². The maximum absolute atomic E-state index is 12.3. The Kier molecular flexibility index (Phi) is 5.30. The summed E-state index contributed by atoms with van der Waals surface area (Å²) in [5.41, 5.74) is 2.47. The lowest BCUT2D eigenvalue weighted by Crippen LogP contribution is -2.26. The van der Waals surface area contributed by atoms with Gasteiger partial charge in [-0.25, -0.2) is 0 Å². The van der Waals surface area contributed by atoms with Crippen LogP contribution in [0.5, 0.6) is 0 Å². The molecule has 0 aliphatic carbocycles. The molecule has 0 unspecified atom stereocenters. The number of nitrogens with zero attached hydrogens (tertiary/aromatic N) is 1. The van der Waals surface area contributed by atoms with Gasteiger partial charge in [0.2, 0.25) is 5.91 Å². The zero-order chi connectivity index (χ0) is 18.0. The second kappa shape index (κ2) is 7.46. The van der Waals surface area contributed by atoms with Gasteiger partial charge in [-0.3, -0.25) is 9.59 Å². The Bertz CT molecular complexity index is 785. The highest BCUT2D eigenvalue weighted by Gasteiger charge is 2.36. The van der Waals surface area contributed by atoms with Crippen molar-refractivity contribution in [2.75, 3.05) is 11.4 Å². The smallest absolute Gasteiger partial charge is 0.311 e. The summed E-state index contributed by atoms with van der Waals surface area (Å²) in [5, 5.41) is 0.896. The van der Waals surface area contributed by atoms with Crippen LogP contribution in [-0.4, -0.2) is 18.4 Å². The number of carbonyl (C=O) groups excluding carboxylic acids is 2. The molecule has 0 aromatic heterocycles. The minimum absolute atomic E-state index is 0.00738. The normalized spacial score (nSPS) is 17.0. The Balaban J connectivity index is 1.64. The van der Waals surface area contributed by atoms with E-state index in [1.165, 1.54) is 0 Å². The summed E-state index contributed by atoms with van der Waals surface area (Å²) >= 11 is 12.1. The van der Waals surface area contributed by atoms with Crippen LogP contribution in [0.15, 0.2) is 42.5 Å².